The van der Waals surface area contributed by atoms with Crippen molar-refractivity contribution in [3.63, 3.8) is 0 Å². The molecule has 0 saturated heterocycles. The summed E-state index contributed by atoms with van der Waals surface area (Å²) in [5.41, 5.74) is 5.94. The first-order valence-corrected chi connectivity index (χ1v) is 6.88. The number of imidazole rings is 1. The van der Waals surface area contributed by atoms with Crippen LogP contribution in [0.3, 0.4) is 0 Å². The summed E-state index contributed by atoms with van der Waals surface area (Å²) < 4.78 is 34.6. The highest BCUT2D eigenvalue weighted by Crippen LogP contribution is 2.23. The topological polar surface area (TPSA) is 70.1 Å². The van der Waals surface area contributed by atoms with Crippen LogP contribution in [0.2, 0.25) is 0 Å². The number of carbonyl (C=O) groups excluding carboxylic acids is 1. The van der Waals surface area contributed by atoms with Gasteiger partial charge in [0.05, 0.1) is 23.9 Å². The number of para-hydroxylation sites is 2. The molecule has 0 fully saturated rings. The van der Waals surface area contributed by atoms with Crippen LogP contribution in [-0.4, -0.2) is 22.1 Å². The first-order chi connectivity index (χ1) is 11.1. The molecule has 0 bridgehead atoms. The molecule has 1 amide bonds. The maximum absolute atomic E-state index is 14.0. The van der Waals surface area contributed by atoms with Crippen LogP contribution in [-0.2, 0) is 6.54 Å². The molecule has 2 aromatic carbocycles. The molecule has 5 nitrogen and oxygen atoms in total. The first-order valence-electron chi connectivity index (χ1n) is 6.88. The summed E-state index contributed by atoms with van der Waals surface area (Å²) in [6.45, 7) is 0.546. The van der Waals surface area contributed by atoms with Gasteiger partial charge >= 0.3 is 0 Å². The van der Waals surface area contributed by atoms with Gasteiger partial charge in [0, 0.05) is 0 Å². The fraction of sp³-hybridized carbons (Fsp3) is 0.125. The van der Waals surface area contributed by atoms with Crippen molar-refractivity contribution in [2.24, 2.45) is 5.73 Å². The zero-order chi connectivity index (χ0) is 16.4. The lowest BCUT2D eigenvalue weighted by molar-refractivity contribution is 0.0991. The zero-order valence-corrected chi connectivity index (χ0v) is 12.0. The van der Waals surface area contributed by atoms with Crippen LogP contribution in [0.15, 0.2) is 42.7 Å². The Morgan fingerprint density at radius 1 is 1.22 bits per heavy atom. The number of hydrogen-bond acceptors (Lipinski definition) is 3. The van der Waals surface area contributed by atoms with Crippen LogP contribution in [0.5, 0.6) is 5.75 Å². The molecule has 0 saturated carbocycles. The number of carbonyl (C=O) groups is 1. The minimum absolute atomic E-state index is 0.126. The summed E-state index contributed by atoms with van der Waals surface area (Å²) in [5.74, 6) is -3.49. The molecule has 3 aromatic rings. The summed E-state index contributed by atoms with van der Waals surface area (Å²) in [6.07, 6.45) is 1.66. The predicted octanol–water partition coefficient (Wildman–Crippen LogP) is 2.49. The minimum atomic E-state index is -1.17. The molecule has 2 N–H and O–H groups in total. The normalized spacial score (nSPS) is 10.9. The third-order valence-electron chi connectivity index (χ3n) is 3.42. The van der Waals surface area contributed by atoms with E-state index in [1.165, 1.54) is 0 Å². The maximum atomic E-state index is 14.0. The van der Waals surface area contributed by atoms with Crippen LogP contribution in [0.1, 0.15) is 10.4 Å². The quantitative estimate of drug-likeness (QED) is 0.786. The number of hydrogen-bond donors (Lipinski definition) is 1. The Balaban J connectivity index is 1.74. The van der Waals surface area contributed by atoms with E-state index in [9.17, 15) is 13.6 Å². The monoisotopic (exact) mass is 317 g/mol. The largest absolute Gasteiger partial charge is 0.489 e. The fourth-order valence-corrected chi connectivity index (χ4v) is 2.31. The van der Waals surface area contributed by atoms with Gasteiger partial charge in [0.1, 0.15) is 18.0 Å². The number of fused-ring (bicyclic) bond motifs is 1. The number of nitrogens with zero attached hydrogens (tertiary/aromatic N) is 2. The van der Waals surface area contributed by atoms with E-state index in [1.807, 2.05) is 28.8 Å². The Kier molecular flexibility index (Phi) is 3.92. The number of amides is 1. The van der Waals surface area contributed by atoms with Gasteiger partial charge in [-0.05, 0) is 24.3 Å². The van der Waals surface area contributed by atoms with Crippen molar-refractivity contribution < 1.29 is 18.3 Å². The van der Waals surface area contributed by atoms with Crippen LogP contribution in [0.25, 0.3) is 11.0 Å². The summed E-state index contributed by atoms with van der Waals surface area (Å²) >= 11 is 0. The van der Waals surface area contributed by atoms with Crippen molar-refractivity contribution in [3.8, 4) is 5.75 Å². The molecule has 0 aliphatic rings. The van der Waals surface area contributed by atoms with Crippen LogP contribution < -0.4 is 10.5 Å². The number of ether oxygens (including phenoxy) is 1. The smallest absolute Gasteiger partial charge is 0.254 e. The average Bonchev–Trinajstić information content (AvgIpc) is 2.93. The van der Waals surface area contributed by atoms with Gasteiger partial charge in [-0.3, -0.25) is 4.79 Å². The molecule has 118 valence electrons. The second-order valence-electron chi connectivity index (χ2n) is 4.87. The third kappa shape index (κ3) is 2.85. The number of nitrogens with two attached hydrogens (primary N) is 1. The lowest BCUT2D eigenvalue weighted by Gasteiger charge is -2.10. The van der Waals surface area contributed by atoms with Crippen molar-refractivity contribution in [1.82, 2.24) is 9.55 Å². The summed E-state index contributed by atoms with van der Waals surface area (Å²) in [4.78, 5) is 15.3. The molecule has 7 heteroatoms. The van der Waals surface area contributed by atoms with Gasteiger partial charge < -0.3 is 15.0 Å². The SMILES string of the molecule is NC(=O)c1c(F)ccc(OCCn2cnc3ccccc32)c1F. The first kappa shape index (κ1) is 15.0. The molecule has 0 spiro atoms. The minimum Gasteiger partial charge on any atom is -0.489 e. The molecule has 0 aliphatic carbocycles. The second-order valence-corrected chi connectivity index (χ2v) is 4.87. The van der Waals surface area contributed by atoms with Gasteiger partial charge in [-0.2, -0.15) is 0 Å². The number of benzene rings is 2. The molecule has 0 aliphatic heterocycles. The number of aromatic nitrogens is 2. The fourth-order valence-electron chi connectivity index (χ4n) is 2.31. The Bertz CT molecular complexity index is 877. The van der Waals surface area contributed by atoms with Gasteiger partial charge in [0.25, 0.3) is 5.91 Å². The van der Waals surface area contributed by atoms with E-state index >= 15 is 0 Å². The number of primary amides is 1. The Hall–Kier alpha value is -2.96. The molecule has 0 atom stereocenters. The Labute approximate surface area is 130 Å². The highest BCUT2D eigenvalue weighted by Gasteiger charge is 2.19. The number of rotatable bonds is 5. The molecule has 0 radical (unpaired) electrons. The Morgan fingerprint density at radius 3 is 2.78 bits per heavy atom. The molecular weight excluding hydrogens is 304 g/mol. The summed E-state index contributed by atoms with van der Waals surface area (Å²) in [7, 11) is 0. The Morgan fingerprint density at radius 2 is 2.00 bits per heavy atom. The van der Waals surface area contributed by atoms with E-state index < -0.39 is 23.1 Å². The standard InChI is InChI=1S/C16H13F2N3O2/c17-10-5-6-13(15(18)14(10)16(19)22)23-8-7-21-9-20-11-3-1-2-4-12(11)21/h1-6,9H,7-8H2,(H2,19,22). The van der Waals surface area contributed by atoms with Gasteiger partial charge in [0.15, 0.2) is 11.6 Å². The van der Waals surface area contributed by atoms with Crippen molar-refractivity contribution in [1.29, 1.82) is 0 Å². The third-order valence-corrected chi connectivity index (χ3v) is 3.42. The van der Waals surface area contributed by atoms with E-state index in [0.29, 0.717) is 6.54 Å². The maximum Gasteiger partial charge on any atom is 0.254 e. The molecule has 0 unspecified atom stereocenters. The average molecular weight is 317 g/mol. The van der Waals surface area contributed by atoms with Gasteiger partial charge in [-0.15, -0.1) is 0 Å². The van der Waals surface area contributed by atoms with Crippen LogP contribution >= 0.6 is 0 Å². The lowest BCUT2D eigenvalue weighted by atomic mass is 10.1. The van der Waals surface area contributed by atoms with Crippen LogP contribution in [0.4, 0.5) is 8.78 Å². The van der Waals surface area contributed by atoms with E-state index in [0.717, 1.165) is 23.2 Å². The van der Waals surface area contributed by atoms with E-state index in [2.05, 4.69) is 4.98 Å². The second kappa shape index (κ2) is 6.04. The van der Waals surface area contributed by atoms with Gasteiger partial charge in [0.2, 0.25) is 0 Å². The van der Waals surface area contributed by atoms with E-state index in [-0.39, 0.29) is 12.4 Å². The van der Waals surface area contributed by atoms with Crippen molar-refractivity contribution in [2.75, 3.05) is 6.61 Å². The highest BCUT2D eigenvalue weighted by molar-refractivity contribution is 5.93. The van der Waals surface area contributed by atoms with E-state index in [4.69, 9.17) is 10.5 Å². The molecular formula is C16H13F2N3O2. The lowest BCUT2D eigenvalue weighted by Crippen LogP contribution is -2.17. The van der Waals surface area contributed by atoms with Gasteiger partial charge in [-0.25, -0.2) is 13.8 Å². The summed E-state index contributed by atoms with van der Waals surface area (Å²) in [5, 5.41) is 0. The molecule has 1 heterocycles. The zero-order valence-electron chi connectivity index (χ0n) is 12.0. The van der Waals surface area contributed by atoms with E-state index in [1.54, 1.807) is 6.33 Å². The molecule has 1 aromatic heterocycles. The molecule has 3 rings (SSSR count). The molecule has 23 heavy (non-hydrogen) atoms. The highest BCUT2D eigenvalue weighted by atomic mass is 19.1. The number of halogens is 2. The van der Waals surface area contributed by atoms with Crippen molar-refractivity contribution >= 4 is 16.9 Å². The van der Waals surface area contributed by atoms with Crippen molar-refractivity contribution in [3.05, 3.63) is 59.9 Å². The van der Waals surface area contributed by atoms with Crippen molar-refractivity contribution in [2.45, 2.75) is 6.54 Å². The predicted molar refractivity (Wildman–Crippen MR) is 80.1 cm³/mol. The van der Waals surface area contributed by atoms with Crippen LogP contribution in [0, 0.1) is 11.6 Å². The summed E-state index contributed by atoms with van der Waals surface area (Å²) in [6, 6.07) is 9.64. The van der Waals surface area contributed by atoms with Gasteiger partial charge in [-0.1, -0.05) is 12.1 Å².